The van der Waals surface area contributed by atoms with Gasteiger partial charge < -0.3 is 10.2 Å². The number of carbonyl (C=O) groups is 1. The Morgan fingerprint density at radius 1 is 1.08 bits per heavy atom. The maximum Gasteiger partial charge on any atom is 0.278 e. The number of benzene rings is 2. The average Bonchev–Trinajstić information content (AvgIpc) is 3.11. The molecule has 26 heavy (non-hydrogen) atoms. The molecular weight excluding hydrogens is 324 g/mol. The highest BCUT2D eigenvalue weighted by molar-refractivity contribution is 6.05. The molecule has 1 aliphatic heterocycles. The van der Waals surface area contributed by atoms with Gasteiger partial charge in [0.2, 0.25) is 0 Å². The summed E-state index contributed by atoms with van der Waals surface area (Å²) in [6, 6.07) is 16.2. The summed E-state index contributed by atoms with van der Waals surface area (Å²) < 4.78 is 0. The third-order valence-electron chi connectivity index (χ3n) is 4.72. The van der Waals surface area contributed by atoms with Crippen LogP contribution in [0.1, 0.15) is 27.2 Å². The van der Waals surface area contributed by atoms with E-state index in [1.165, 1.54) is 16.7 Å². The number of amides is 1. The van der Waals surface area contributed by atoms with Crippen molar-refractivity contribution >= 4 is 17.4 Å². The highest BCUT2D eigenvalue weighted by atomic mass is 16.2. The SMILES string of the molecule is Cc1ccccc1CNc1cnc(C(=O)N2CCc3ccccc32)cn1. The second-order valence-electron chi connectivity index (χ2n) is 6.40. The molecule has 1 aromatic heterocycles. The first-order valence-electron chi connectivity index (χ1n) is 8.72. The number of aromatic nitrogens is 2. The lowest BCUT2D eigenvalue weighted by Gasteiger charge is -2.16. The summed E-state index contributed by atoms with van der Waals surface area (Å²) in [5.41, 5.74) is 4.98. The van der Waals surface area contributed by atoms with E-state index in [0.29, 0.717) is 24.6 Å². The monoisotopic (exact) mass is 344 g/mol. The highest BCUT2D eigenvalue weighted by Gasteiger charge is 2.26. The maximum absolute atomic E-state index is 12.7. The first-order chi connectivity index (χ1) is 12.7. The molecule has 1 N–H and O–H groups in total. The van der Waals surface area contributed by atoms with Gasteiger partial charge in [-0.15, -0.1) is 0 Å². The zero-order valence-electron chi connectivity index (χ0n) is 14.6. The predicted octanol–water partition coefficient (Wildman–Crippen LogP) is 3.60. The Kier molecular flexibility index (Phi) is 4.35. The normalized spacial score (nSPS) is 12.7. The molecule has 0 unspecified atom stereocenters. The van der Waals surface area contributed by atoms with E-state index in [0.717, 1.165) is 12.1 Å². The highest BCUT2D eigenvalue weighted by Crippen LogP contribution is 2.28. The molecule has 2 heterocycles. The zero-order chi connectivity index (χ0) is 17.9. The number of anilines is 2. The third-order valence-corrected chi connectivity index (χ3v) is 4.72. The van der Waals surface area contributed by atoms with Gasteiger partial charge in [-0.1, -0.05) is 42.5 Å². The molecule has 0 saturated heterocycles. The topological polar surface area (TPSA) is 58.1 Å². The lowest BCUT2D eigenvalue weighted by molar-refractivity contribution is 0.0984. The van der Waals surface area contributed by atoms with E-state index in [-0.39, 0.29) is 5.91 Å². The Balaban J connectivity index is 1.45. The molecule has 0 bridgehead atoms. The van der Waals surface area contributed by atoms with Crippen molar-refractivity contribution in [2.24, 2.45) is 0 Å². The van der Waals surface area contributed by atoms with Crippen molar-refractivity contribution in [3.63, 3.8) is 0 Å². The Morgan fingerprint density at radius 2 is 1.88 bits per heavy atom. The molecule has 1 amide bonds. The number of carbonyl (C=O) groups excluding carboxylic acids is 1. The molecule has 4 rings (SSSR count). The van der Waals surface area contributed by atoms with E-state index in [2.05, 4.69) is 40.4 Å². The first kappa shape index (κ1) is 16.3. The third kappa shape index (κ3) is 3.16. The van der Waals surface area contributed by atoms with Crippen molar-refractivity contribution in [3.8, 4) is 0 Å². The van der Waals surface area contributed by atoms with Crippen LogP contribution in [0, 0.1) is 6.92 Å². The molecule has 0 fully saturated rings. The molecule has 2 aromatic carbocycles. The van der Waals surface area contributed by atoms with Crippen LogP contribution in [0.4, 0.5) is 11.5 Å². The quantitative estimate of drug-likeness (QED) is 0.786. The fraction of sp³-hybridized carbons (Fsp3) is 0.190. The number of fused-ring (bicyclic) bond motifs is 1. The molecule has 0 spiro atoms. The van der Waals surface area contributed by atoms with Crippen LogP contribution in [0.25, 0.3) is 0 Å². The van der Waals surface area contributed by atoms with Gasteiger partial charge in [0, 0.05) is 18.8 Å². The molecule has 5 heteroatoms. The Labute approximate surface area is 152 Å². The molecule has 0 radical (unpaired) electrons. The van der Waals surface area contributed by atoms with Crippen LogP contribution >= 0.6 is 0 Å². The van der Waals surface area contributed by atoms with E-state index < -0.39 is 0 Å². The van der Waals surface area contributed by atoms with Gasteiger partial charge in [-0.05, 0) is 36.1 Å². The van der Waals surface area contributed by atoms with Gasteiger partial charge in [-0.25, -0.2) is 9.97 Å². The minimum Gasteiger partial charge on any atom is -0.365 e. The number of hydrogen-bond donors (Lipinski definition) is 1. The van der Waals surface area contributed by atoms with Crippen molar-refractivity contribution < 1.29 is 4.79 Å². The lowest BCUT2D eigenvalue weighted by atomic mass is 10.1. The number of nitrogens with zero attached hydrogens (tertiary/aromatic N) is 3. The fourth-order valence-electron chi connectivity index (χ4n) is 3.21. The smallest absolute Gasteiger partial charge is 0.278 e. The first-order valence-corrected chi connectivity index (χ1v) is 8.72. The van der Waals surface area contributed by atoms with Crippen molar-refractivity contribution in [3.05, 3.63) is 83.3 Å². The number of para-hydroxylation sites is 1. The predicted molar refractivity (Wildman–Crippen MR) is 102 cm³/mol. The molecule has 5 nitrogen and oxygen atoms in total. The van der Waals surface area contributed by atoms with Crippen LogP contribution in [-0.4, -0.2) is 22.4 Å². The van der Waals surface area contributed by atoms with E-state index >= 15 is 0 Å². The molecule has 3 aromatic rings. The van der Waals surface area contributed by atoms with Crippen LogP contribution in [0.3, 0.4) is 0 Å². The summed E-state index contributed by atoms with van der Waals surface area (Å²) in [5.74, 6) is 0.555. The van der Waals surface area contributed by atoms with Gasteiger partial charge in [-0.3, -0.25) is 4.79 Å². The zero-order valence-corrected chi connectivity index (χ0v) is 14.6. The second kappa shape index (κ2) is 6.96. The Morgan fingerprint density at radius 3 is 2.69 bits per heavy atom. The minimum atomic E-state index is -0.104. The summed E-state index contributed by atoms with van der Waals surface area (Å²) in [5, 5.41) is 3.25. The minimum absolute atomic E-state index is 0.104. The summed E-state index contributed by atoms with van der Waals surface area (Å²) in [6.45, 7) is 3.44. The van der Waals surface area contributed by atoms with Gasteiger partial charge in [0.25, 0.3) is 5.91 Å². The fourth-order valence-corrected chi connectivity index (χ4v) is 3.21. The van der Waals surface area contributed by atoms with Crippen LogP contribution in [0.5, 0.6) is 0 Å². The largest absolute Gasteiger partial charge is 0.365 e. The van der Waals surface area contributed by atoms with Crippen molar-refractivity contribution in [2.75, 3.05) is 16.8 Å². The van der Waals surface area contributed by atoms with Crippen LogP contribution < -0.4 is 10.2 Å². The van der Waals surface area contributed by atoms with Crippen molar-refractivity contribution in [1.82, 2.24) is 9.97 Å². The second-order valence-corrected chi connectivity index (χ2v) is 6.40. The summed E-state index contributed by atoms with van der Waals surface area (Å²) in [6.07, 6.45) is 4.04. The lowest BCUT2D eigenvalue weighted by Crippen LogP contribution is -2.29. The summed E-state index contributed by atoms with van der Waals surface area (Å²) in [4.78, 5) is 23.2. The Hall–Kier alpha value is -3.21. The summed E-state index contributed by atoms with van der Waals surface area (Å²) >= 11 is 0. The molecule has 0 atom stereocenters. The number of nitrogens with one attached hydrogen (secondary N) is 1. The molecule has 0 aliphatic carbocycles. The van der Waals surface area contributed by atoms with Crippen molar-refractivity contribution in [2.45, 2.75) is 19.9 Å². The van der Waals surface area contributed by atoms with E-state index in [4.69, 9.17) is 0 Å². The Bertz CT molecular complexity index is 937. The molecule has 0 saturated carbocycles. The van der Waals surface area contributed by atoms with Gasteiger partial charge in [-0.2, -0.15) is 0 Å². The number of rotatable bonds is 4. The van der Waals surface area contributed by atoms with Crippen LogP contribution in [0.2, 0.25) is 0 Å². The number of hydrogen-bond acceptors (Lipinski definition) is 4. The number of aryl methyl sites for hydroxylation is 1. The van der Waals surface area contributed by atoms with Gasteiger partial charge in [0.1, 0.15) is 11.5 Å². The van der Waals surface area contributed by atoms with E-state index in [9.17, 15) is 4.79 Å². The van der Waals surface area contributed by atoms with Gasteiger partial charge in [0.05, 0.1) is 12.4 Å². The maximum atomic E-state index is 12.7. The summed E-state index contributed by atoms with van der Waals surface area (Å²) in [7, 11) is 0. The van der Waals surface area contributed by atoms with Crippen LogP contribution in [-0.2, 0) is 13.0 Å². The van der Waals surface area contributed by atoms with Gasteiger partial charge in [0.15, 0.2) is 0 Å². The van der Waals surface area contributed by atoms with Gasteiger partial charge >= 0.3 is 0 Å². The van der Waals surface area contributed by atoms with Crippen molar-refractivity contribution in [1.29, 1.82) is 0 Å². The average molecular weight is 344 g/mol. The van der Waals surface area contributed by atoms with E-state index in [1.807, 2.05) is 30.3 Å². The standard InChI is InChI=1S/C21H20N4O/c1-15-6-2-3-8-17(15)12-23-20-14-22-18(13-24-20)21(26)25-11-10-16-7-4-5-9-19(16)25/h2-9,13-14H,10-12H2,1H3,(H,23,24). The molecule has 130 valence electrons. The molecule has 1 aliphatic rings. The van der Waals surface area contributed by atoms with E-state index in [1.54, 1.807) is 17.3 Å². The van der Waals surface area contributed by atoms with Crippen LogP contribution in [0.15, 0.2) is 60.9 Å². The molecular formula is C21H20N4O.